The van der Waals surface area contributed by atoms with Crippen LogP contribution in [0.1, 0.15) is 12.8 Å². The Kier molecular flexibility index (Phi) is 4.17. The number of hydrogen-bond donors (Lipinski definition) is 1. The lowest BCUT2D eigenvalue weighted by atomic mass is 10.0. The SMILES string of the molecule is O=S(=O)(CC1CCCNC1)c1cccc(Br)n1. The van der Waals surface area contributed by atoms with Crippen LogP contribution in [0.4, 0.5) is 0 Å². The zero-order valence-electron chi connectivity index (χ0n) is 9.39. The summed E-state index contributed by atoms with van der Waals surface area (Å²) in [6.45, 7) is 1.78. The van der Waals surface area contributed by atoms with E-state index in [4.69, 9.17) is 0 Å². The van der Waals surface area contributed by atoms with E-state index in [0.717, 1.165) is 25.9 Å². The second-order valence-corrected chi connectivity index (χ2v) is 7.09. The minimum Gasteiger partial charge on any atom is -0.316 e. The van der Waals surface area contributed by atoms with Crippen LogP contribution in [0.25, 0.3) is 0 Å². The van der Waals surface area contributed by atoms with Gasteiger partial charge in [-0.2, -0.15) is 0 Å². The van der Waals surface area contributed by atoms with Crippen molar-refractivity contribution in [3.05, 3.63) is 22.8 Å². The van der Waals surface area contributed by atoms with Gasteiger partial charge in [0.05, 0.1) is 5.75 Å². The highest BCUT2D eigenvalue weighted by Crippen LogP contribution is 2.18. The molecule has 1 atom stereocenters. The summed E-state index contributed by atoms with van der Waals surface area (Å²) in [7, 11) is -3.26. The fraction of sp³-hybridized carbons (Fsp3) is 0.545. The van der Waals surface area contributed by atoms with Crippen LogP contribution in [0.2, 0.25) is 0 Å². The van der Waals surface area contributed by atoms with Gasteiger partial charge in [0.15, 0.2) is 14.9 Å². The van der Waals surface area contributed by atoms with Crippen molar-refractivity contribution in [3.63, 3.8) is 0 Å². The lowest BCUT2D eigenvalue weighted by molar-refractivity contribution is 0.403. The average Bonchev–Trinajstić information content (AvgIpc) is 2.30. The maximum Gasteiger partial charge on any atom is 0.195 e. The van der Waals surface area contributed by atoms with Crippen LogP contribution in [0.5, 0.6) is 0 Å². The van der Waals surface area contributed by atoms with Gasteiger partial charge in [0.2, 0.25) is 0 Å². The normalized spacial score (nSPS) is 21.4. The molecule has 2 heterocycles. The van der Waals surface area contributed by atoms with Gasteiger partial charge in [-0.15, -0.1) is 0 Å². The molecule has 4 nitrogen and oxygen atoms in total. The molecule has 6 heteroatoms. The van der Waals surface area contributed by atoms with Crippen molar-refractivity contribution in [2.75, 3.05) is 18.8 Å². The minimum atomic E-state index is -3.26. The Hall–Kier alpha value is -0.460. The first-order valence-electron chi connectivity index (χ1n) is 5.64. The Bertz CT molecular complexity index is 484. The molecule has 1 fully saturated rings. The van der Waals surface area contributed by atoms with E-state index >= 15 is 0 Å². The second kappa shape index (κ2) is 5.46. The summed E-state index contributed by atoms with van der Waals surface area (Å²) >= 11 is 3.19. The minimum absolute atomic E-state index is 0.164. The average molecular weight is 319 g/mol. The third kappa shape index (κ3) is 3.50. The van der Waals surface area contributed by atoms with Crippen LogP contribution in [0.3, 0.4) is 0 Å². The molecule has 1 aromatic heterocycles. The molecular formula is C11H15BrN2O2S. The van der Waals surface area contributed by atoms with Crippen LogP contribution in [0.15, 0.2) is 27.8 Å². The van der Waals surface area contributed by atoms with Crippen molar-refractivity contribution in [2.45, 2.75) is 17.9 Å². The maximum absolute atomic E-state index is 12.1. The van der Waals surface area contributed by atoms with Gasteiger partial charge in [-0.25, -0.2) is 13.4 Å². The standard InChI is InChI=1S/C11H15BrN2O2S/c12-10-4-1-5-11(14-10)17(15,16)8-9-3-2-6-13-7-9/h1,4-5,9,13H,2-3,6-8H2. The molecule has 1 aromatic rings. The van der Waals surface area contributed by atoms with E-state index in [1.165, 1.54) is 0 Å². The predicted molar refractivity (Wildman–Crippen MR) is 69.6 cm³/mol. The highest BCUT2D eigenvalue weighted by Gasteiger charge is 2.23. The molecule has 0 saturated carbocycles. The molecule has 1 unspecified atom stereocenters. The van der Waals surface area contributed by atoms with Gasteiger partial charge in [-0.3, -0.25) is 0 Å². The third-order valence-corrected chi connectivity index (χ3v) is 5.08. The third-order valence-electron chi connectivity index (χ3n) is 2.86. The monoisotopic (exact) mass is 318 g/mol. The summed E-state index contributed by atoms with van der Waals surface area (Å²) in [4.78, 5) is 4.02. The first-order chi connectivity index (χ1) is 8.08. The van der Waals surface area contributed by atoms with Crippen LogP contribution in [-0.4, -0.2) is 32.2 Å². The number of halogens is 1. The molecule has 1 aliphatic rings. The maximum atomic E-state index is 12.1. The highest BCUT2D eigenvalue weighted by atomic mass is 79.9. The molecule has 17 heavy (non-hydrogen) atoms. The van der Waals surface area contributed by atoms with Crippen LogP contribution < -0.4 is 5.32 Å². The Morgan fingerprint density at radius 1 is 1.47 bits per heavy atom. The fourth-order valence-electron chi connectivity index (χ4n) is 2.02. The Morgan fingerprint density at radius 3 is 2.94 bits per heavy atom. The van der Waals surface area contributed by atoms with Crippen molar-refractivity contribution in [1.29, 1.82) is 0 Å². The van der Waals surface area contributed by atoms with E-state index in [0.29, 0.717) is 4.60 Å². The molecule has 0 aliphatic carbocycles. The van der Waals surface area contributed by atoms with Crippen molar-refractivity contribution >= 4 is 25.8 Å². The summed E-state index contributed by atoms with van der Waals surface area (Å²) in [6, 6.07) is 4.97. The molecule has 0 amide bonds. The van der Waals surface area contributed by atoms with Gasteiger partial charge in [-0.05, 0) is 59.9 Å². The molecule has 0 radical (unpaired) electrons. The summed E-state index contributed by atoms with van der Waals surface area (Å²) in [5.41, 5.74) is 0. The first-order valence-corrected chi connectivity index (χ1v) is 8.08. The fourth-order valence-corrected chi connectivity index (χ4v) is 4.09. The first kappa shape index (κ1) is 13.0. The molecular weight excluding hydrogens is 304 g/mol. The Balaban J connectivity index is 2.13. The molecule has 1 N–H and O–H groups in total. The van der Waals surface area contributed by atoms with Crippen LogP contribution >= 0.6 is 15.9 Å². The van der Waals surface area contributed by atoms with E-state index in [1.807, 2.05) is 0 Å². The molecule has 0 bridgehead atoms. The number of aromatic nitrogens is 1. The zero-order chi connectivity index (χ0) is 12.3. The molecule has 1 saturated heterocycles. The zero-order valence-corrected chi connectivity index (χ0v) is 11.8. The quantitative estimate of drug-likeness (QED) is 0.860. The van der Waals surface area contributed by atoms with Crippen molar-refractivity contribution in [1.82, 2.24) is 10.3 Å². The summed E-state index contributed by atoms with van der Waals surface area (Å²) in [6.07, 6.45) is 2.02. The van der Waals surface area contributed by atoms with Gasteiger partial charge in [0.25, 0.3) is 0 Å². The topological polar surface area (TPSA) is 59.1 Å². The molecule has 1 aliphatic heterocycles. The number of pyridine rings is 1. The van der Waals surface area contributed by atoms with E-state index in [-0.39, 0.29) is 16.7 Å². The number of nitrogens with zero attached hydrogens (tertiary/aromatic N) is 1. The van der Waals surface area contributed by atoms with Gasteiger partial charge < -0.3 is 5.32 Å². The largest absolute Gasteiger partial charge is 0.316 e. The van der Waals surface area contributed by atoms with Gasteiger partial charge in [0, 0.05) is 0 Å². The summed E-state index contributed by atoms with van der Waals surface area (Å²) in [5, 5.41) is 3.39. The van der Waals surface area contributed by atoms with Gasteiger partial charge >= 0.3 is 0 Å². The smallest absolute Gasteiger partial charge is 0.195 e. The number of sulfone groups is 1. The lowest BCUT2D eigenvalue weighted by Crippen LogP contribution is -2.33. The van der Waals surface area contributed by atoms with Crippen LogP contribution in [-0.2, 0) is 9.84 Å². The van der Waals surface area contributed by atoms with Crippen molar-refractivity contribution in [3.8, 4) is 0 Å². The number of rotatable bonds is 3. The van der Waals surface area contributed by atoms with Gasteiger partial charge in [-0.1, -0.05) is 6.07 Å². The van der Waals surface area contributed by atoms with E-state index in [1.54, 1.807) is 18.2 Å². The summed E-state index contributed by atoms with van der Waals surface area (Å²) < 4.78 is 24.8. The molecule has 0 aromatic carbocycles. The Labute approximate surface area is 110 Å². The van der Waals surface area contributed by atoms with E-state index in [9.17, 15) is 8.42 Å². The molecule has 94 valence electrons. The van der Waals surface area contributed by atoms with E-state index < -0.39 is 9.84 Å². The number of piperidine rings is 1. The molecule has 2 rings (SSSR count). The van der Waals surface area contributed by atoms with Gasteiger partial charge in [0.1, 0.15) is 4.60 Å². The molecule has 0 spiro atoms. The Morgan fingerprint density at radius 2 is 2.29 bits per heavy atom. The highest BCUT2D eigenvalue weighted by molar-refractivity contribution is 9.10. The van der Waals surface area contributed by atoms with E-state index in [2.05, 4.69) is 26.2 Å². The predicted octanol–water partition coefficient (Wildman–Crippen LogP) is 1.62. The second-order valence-electron chi connectivity index (χ2n) is 4.29. The van der Waals surface area contributed by atoms with Crippen LogP contribution in [0, 0.1) is 5.92 Å². The lowest BCUT2D eigenvalue weighted by Gasteiger charge is -2.22. The van der Waals surface area contributed by atoms with Crippen molar-refractivity contribution in [2.24, 2.45) is 5.92 Å². The number of nitrogens with one attached hydrogen (secondary N) is 1. The van der Waals surface area contributed by atoms with Crippen molar-refractivity contribution < 1.29 is 8.42 Å². The summed E-state index contributed by atoms with van der Waals surface area (Å²) in [5.74, 6) is 0.387. The number of hydrogen-bond acceptors (Lipinski definition) is 4.